The number of ether oxygens (including phenoxy) is 1. The van der Waals surface area contributed by atoms with Gasteiger partial charge >= 0.3 is 0 Å². The topological polar surface area (TPSA) is 29.5 Å². The van der Waals surface area contributed by atoms with Crippen molar-refractivity contribution >= 4 is 0 Å². The van der Waals surface area contributed by atoms with Crippen molar-refractivity contribution in [2.75, 3.05) is 6.61 Å². The second-order valence-electron chi connectivity index (χ2n) is 13.3. The number of hydrogen-bond donors (Lipinski definition) is 1. The minimum Gasteiger partial charge on any atom is -0.507 e. The molecule has 0 bridgehead atoms. The van der Waals surface area contributed by atoms with Gasteiger partial charge in [-0.2, -0.15) is 0 Å². The molecule has 0 aliphatic carbocycles. The molecule has 2 heteroatoms. The van der Waals surface area contributed by atoms with E-state index in [1.54, 1.807) is 0 Å². The summed E-state index contributed by atoms with van der Waals surface area (Å²) in [6, 6.07) is 4.31. The molecule has 2 nitrogen and oxygen atoms in total. The molecule has 0 amide bonds. The van der Waals surface area contributed by atoms with Crippen LogP contribution in [0.1, 0.15) is 181 Å². The largest absolute Gasteiger partial charge is 0.507 e. The van der Waals surface area contributed by atoms with Gasteiger partial charge in [-0.25, -0.2) is 0 Å². The van der Waals surface area contributed by atoms with Crippen molar-refractivity contribution in [3.63, 3.8) is 0 Å². The molecular formula is C34H62O2. The summed E-state index contributed by atoms with van der Waals surface area (Å²) >= 11 is 0. The molecule has 0 aromatic heterocycles. The SMILES string of the molecule is CCCCCCCCCCCCCCCCCCOC(C)c1cc(C(C)(C)C)c(O)c(C(C)(C)C)c1. The minimum atomic E-state index is -0.103. The van der Waals surface area contributed by atoms with Crippen LogP contribution in [0.4, 0.5) is 0 Å². The van der Waals surface area contributed by atoms with Gasteiger partial charge in [0.05, 0.1) is 6.10 Å². The lowest BCUT2D eigenvalue weighted by molar-refractivity contribution is 0.0625. The average molecular weight is 503 g/mol. The van der Waals surface area contributed by atoms with Crippen molar-refractivity contribution in [3.8, 4) is 5.75 Å². The van der Waals surface area contributed by atoms with Gasteiger partial charge in [-0.15, -0.1) is 0 Å². The molecule has 1 atom stereocenters. The fraction of sp³-hybridized carbons (Fsp3) is 0.824. The summed E-state index contributed by atoms with van der Waals surface area (Å²) in [5.74, 6) is 0.448. The van der Waals surface area contributed by atoms with E-state index in [1.807, 2.05) is 0 Å². The third kappa shape index (κ3) is 13.5. The Kier molecular flexibility index (Phi) is 16.0. The molecule has 1 rings (SSSR count). The Morgan fingerprint density at radius 2 is 0.944 bits per heavy atom. The monoisotopic (exact) mass is 502 g/mol. The fourth-order valence-corrected chi connectivity index (χ4v) is 5.04. The molecule has 0 heterocycles. The molecule has 0 saturated heterocycles. The molecule has 0 radical (unpaired) electrons. The standard InChI is InChI=1S/C34H62O2/c1-9-10-11-12-13-14-15-16-17-18-19-20-21-22-23-24-25-36-28(2)29-26-30(33(3,4)5)32(35)31(27-29)34(6,7)8/h26-28,35H,9-25H2,1-8H3. The summed E-state index contributed by atoms with van der Waals surface area (Å²) in [5.41, 5.74) is 3.01. The maximum Gasteiger partial charge on any atom is 0.123 e. The average Bonchev–Trinajstić information content (AvgIpc) is 2.79. The van der Waals surface area contributed by atoms with E-state index in [2.05, 4.69) is 67.5 Å². The van der Waals surface area contributed by atoms with Gasteiger partial charge in [-0.1, -0.05) is 145 Å². The molecule has 0 aliphatic rings. The van der Waals surface area contributed by atoms with Crippen molar-refractivity contribution in [1.82, 2.24) is 0 Å². The van der Waals surface area contributed by atoms with E-state index >= 15 is 0 Å². The normalized spacial score (nSPS) is 13.3. The maximum absolute atomic E-state index is 11.0. The zero-order chi connectivity index (χ0) is 27.0. The first kappa shape index (κ1) is 33.0. The van der Waals surface area contributed by atoms with Gasteiger partial charge in [-0.3, -0.25) is 0 Å². The van der Waals surface area contributed by atoms with Gasteiger partial charge < -0.3 is 9.84 Å². The summed E-state index contributed by atoms with van der Waals surface area (Å²) < 4.78 is 6.24. The van der Waals surface area contributed by atoms with Crippen LogP contribution in [-0.2, 0) is 15.6 Å². The van der Waals surface area contributed by atoms with E-state index in [4.69, 9.17) is 4.74 Å². The molecule has 0 spiro atoms. The van der Waals surface area contributed by atoms with E-state index in [0.717, 1.165) is 24.2 Å². The molecule has 1 unspecified atom stereocenters. The first-order valence-corrected chi connectivity index (χ1v) is 15.5. The zero-order valence-electron chi connectivity index (χ0n) is 25.6. The highest BCUT2D eigenvalue weighted by Gasteiger charge is 2.27. The molecule has 0 saturated carbocycles. The number of aromatic hydroxyl groups is 1. The van der Waals surface area contributed by atoms with E-state index < -0.39 is 0 Å². The fourth-order valence-electron chi connectivity index (χ4n) is 5.04. The Morgan fingerprint density at radius 3 is 1.28 bits per heavy atom. The Bertz CT molecular complexity index is 657. The first-order valence-electron chi connectivity index (χ1n) is 15.5. The van der Waals surface area contributed by atoms with Crippen LogP contribution in [-0.4, -0.2) is 11.7 Å². The molecule has 1 N–H and O–H groups in total. The predicted octanol–water partition coefficient (Wildman–Crippen LogP) is 11.3. The number of rotatable bonds is 19. The van der Waals surface area contributed by atoms with Gasteiger partial charge in [0.2, 0.25) is 0 Å². The summed E-state index contributed by atoms with van der Waals surface area (Å²) in [6.07, 6.45) is 22.3. The number of hydrogen-bond acceptors (Lipinski definition) is 2. The van der Waals surface area contributed by atoms with Crippen LogP contribution >= 0.6 is 0 Å². The van der Waals surface area contributed by atoms with Gasteiger partial charge in [0.1, 0.15) is 5.75 Å². The van der Waals surface area contributed by atoms with Crippen LogP contribution < -0.4 is 0 Å². The highest BCUT2D eigenvalue weighted by atomic mass is 16.5. The molecule has 1 aromatic carbocycles. The summed E-state index contributed by atoms with van der Waals surface area (Å²) in [6.45, 7) is 18.3. The smallest absolute Gasteiger partial charge is 0.123 e. The first-order chi connectivity index (χ1) is 17.0. The van der Waals surface area contributed by atoms with Gasteiger partial charge in [0.25, 0.3) is 0 Å². The Balaban J connectivity index is 2.20. The number of unbranched alkanes of at least 4 members (excludes halogenated alkanes) is 15. The van der Waals surface area contributed by atoms with Crippen LogP contribution in [0.25, 0.3) is 0 Å². The maximum atomic E-state index is 11.0. The van der Waals surface area contributed by atoms with Crippen molar-refractivity contribution in [3.05, 3.63) is 28.8 Å². The summed E-state index contributed by atoms with van der Waals surface area (Å²) in [7, 11) is 0. The predicted molar refractivity (Wildman–Crippen MR) is 159 cm³/mol. The van der Waals surface area contributed by atoms with Crippen LogP contribution in [0.3, 0.4) is 0 Å². The van der Waals surface area contributed by atoms with E-state index in [-0.39, 0.29) is 16.9 Å². The van der Waals surface area contributed by atoms with Gasteiger partial charge in [0, 0.05) is 6.61 Å². The van der Waals surface area contributed by atoms with E-state index in [1.165, 1.54) is 102 Å². The molecule has 36 heavy (non-hydrogen) atoms. The van der Waals surface area contributed by atoms with Gasteiger partial charge in [0.15, 0.2) is 0 Å². The second-order valence-corrected chi connectivity index (χ2v) is 13.3. The molecule has 0 aliphatic heterocycles. The zero-order valence-corrected chi connectivity index (χ0v) is 25.6. The van der Waals surface area contributed by atoms with Crippen LogP contribution in [0.5, 0.6) is 5.75 Å². The second kappa shape index (κ2) is 17.5. The Hall–Kier alpha value is -1.02. The van der Waals surface area contributed by atoms with E-state index in [9.17, 15) is 5.11 Å². The highest BCUT2D eigenvalue weighted by Crippen LogP contribution is 2.41. The van der Waals surface area contributed by atoms with Crippen LogP contribution in [0, 0.1) is 0 Å². The molecule has 210 valence electrons. The highest BCUT2D eigenvalue weighted by molar-refractivity contribution is 5.50. The van der Waals surface area contributed by atoms with Gasteiger partial charge in [-0.05, 0) is 53.0 Å². The van der Waals surface area contributed by atoms with Crippen LogP contribution in [0.2, 0.25) is 0 Å². The van der Waals surface area contributed by atoms with Crippen LogP contribution in [0.15, 0.2) is 12.1 Å². The molecule has 1 aromatic rings. The minimum absolute atomic E-state index is 0.0455. The third-order valence-corrected chi connectivity index (χ3v) is 7.58. The number of benzene rings is 1. The van der Waals surface area contributed by atoms with Crippen molar-refractivity contribution in [2.24, 2.45) is 0 Å². The van der Waals surface area contributed by atoms with Crippen molar-refractivity contribution < 1.29 is 9.84 Å². The van der Waals surface area contributed by atoms with E-state index in [0.29, 0.717) is 5.75 Å². The quantitative estimate of drug-likeness (QED) is 0.191. The summed E-state index contributed by atoms with van der Waals surface area (Å²) in [4.78, 5) is 0. The third-order valence-electron chi connectivity index (χ3n) is 7.58. The molecular weight excluding hydrogens is 440 g/mol. The number of phenols is 1. The summed E-state index contributed by atoms with van der Waals surface area (Å²) in [5, 5.41) is 11.0. The van der Waals surface area contributed by atoms with Crippen molar-refractivity contribution in [1.29, 1.82) is 0 Å². The van der Waals surface area contributed by atoms with Crippen molar-refractivity contribution in [2.45, 2.75) is 175 Å². The Morgan fingerprint density at radius 1 is 0.611 bits per heavy atom. The molecule has 0 fully saturated rings. The lowest BCUT2D eigenvalue weighted by Gasteiger charge is -2.29. The number of phenolic OH excluding ortho intramolecular Hbond substituents is 1. The lowest BCUT2D eigenvalue weighted by atomic mass is 9.78. The lowest BCUT2D eigenvalue weighted by Crippen LogP contribution is -2.18. The Labute approximate surface area is 226 Å².